The van der Waals surface area contributed by atoms with E-state index in [1.807, 2.05) is 44.2 Å². The molecule has 2 atom stereocenters. The van der Waals surface area contributed by atoms with Crippen LogP contribution in [0.2, 0.25) is 5.02 Å². The van der Waals surface area contributed by atoms with Gasteiger partial charge in [0.15, 0.2) is 11.6 Å². The molecule has 0 aliphatic rings. The lowest BCUT2D eigenvalue weighted by Crippen LogP contribution is -2.22. The van der Waals surface area contributed by atoms with Crippen LogP contribution < -0.4 is 10.1 Å². The molecule has 0 saturated heterocycles. The lowest BCUT2D eigenvalue weighted by atomic mass is 10.0. The second kappa shape index (κ2) is 6.92. The van der Waals surface area contributed by atoms with Gasteiger partial charge in [-0.1, -0.05) is 35.9 Å². The van der Waals surface area contributed by atoms with Gasteiger partial charge in [0, 0.05) is 17.1 Å². The Morgan fingerprint density at radius 1 is 1.10 bits per heavy atom. The molecule has 2 aromatic carbocycles. The summed E-state index contributed by atoms with van der Waals surface area (Å²) in [4.78, 5) is 0. The molecular formula is C17H19ClFNO. The minimum atomic E-state index is -0.353. The van der Waals surface area contributed by atoms with E-state index >= 15 is 0 Å². The Balaban J connectivity index is 2.12. The van der Waals surface area contributed by atoms with Gasteiger partial charge in [-0.25, -0.2) is 4.39 Å². The molecule has 0 aliphatic carbocycles. The summed E-state index contributed by atoms with van der Waals surface area (Å²) in [5, 5.41) is 4.15. The highest BCUT2D eigenvalue weighted by atomic mass is 35.5. The summed E-state index contributed by atoms with van der Waals surface area (Å²) in [6, 6.07) is 12.8. The van der Waals surface area contributed by atoms with Crippen molar-refractivity contribution < 1.29 is 9.13 Å². The van der Waals surface area contributed by atoms with Crippen LogP contribution in [0.4, 0.5) is 4.39 Å². The lowest BCUT2D eigenvalue weighted by molar-refractivity contribution is 0.385. The standard InChI is InChI=1S/C17H19ClFNO/c1-11(13-8-9-17(21-3)16(19)10-13)20-12(2)14-6-4-5-7-15(14)18/h4-12,20H,1-3H3/t11?,12-/m0/s1. The van der Waals surface area contributed by atoms with Crippen LogP contribution in [0.3, 0.4) is 0 Å². The second-order valence-electron chi connectivity index (χ2n) is 5.03. The molecule has 0 fully saturated rings. The Labute approximate surface area is 129 Å². The van der Waals surface area contributed by atoms with Crippen LogP contribution in [0.25, 0.3) is 0 Å². The molecule has 1 unspecified atom stereocenters. The molecule has 0 heterocycles. The van der Waals surface area contributed by atoms with Crippen LogP contribution in [0, 0.1) is 5.82 Å². The topological polar surface area (TPSA) is 21.3 Å². The Hall–Kier alpha value is -1.58. The largest absolute Gasteiger partial charge is 0.494 e. The van der Waals surface area contributed by atoms with Crippen molar-refractivity contribution in [1.82, 2.24) is 5.32 Å². The minimum absolute atomic E-state index is 0.00308. The number of hydrogen-bond donors (Lipinski definition) is 1. The number of ether oxygens (including phenoxy) is 1. The lowest BCUT2D eigenvalue weighted by Gasteiger charge is -2.22. The van der Waals surface area contributed by atoms with E-state index < -0.39 is 0 Å². The molecule has 112 valence electrons. The normalized spacial score (nSPS) is 13.8. The zero-order chi connectivity index (χ0) is 15.4. The summed E-state index contributed by atoms with van der Waals surface area (Å²) < 4.78 is 18.7. The molecule has 0 bridgehead atoms. The van der Waals surface area contributed by atoms with Crippen LogP contribution in [0.5, 0.6) is 5.75 Å². The summed E-state index contributed by atoms with van der Waals surface area (Å²) in [6.45, 7) is 4.03. The van der Waals surface area contributed by atoms with E-state index in [2.05, 4.69) is 5.32 Å². The molecule has 0 amide bonds. The molecule has 0 radical (unpaired) electrons. The van der Waals surface area contributed by atoms with E-state index in [0.717, 1.165) is 16.1 Å². The minimum Gasteiger partial charge on any atom is -0.494 e. The molecule has 0 aliphatic heterocycles. The van der Waals surface area contributed by atoms with E-state index in [1.165, 1.54) is 13.2 Å². The van der Waals surface area contributed by atoms with Crippen molar-refractivity contribution >= 4 is 11.6 Å². The third-order valence-electron chi connectivity index (χ3n) is 3.55. The summed E-state index contributed by atoms with van der Waals surface area (Å²) >= 11 is 6.20. The van der Waals surface area contributed by atoms with Crippen molar-refractivity contribution in [2.75, 3.05) is 7.11 Å². The maximum absolute atomic E-state index is 13.8. The van der Waals surface area contributed by atoms with Crippen LogP contribution in [-0.4, -0.2) is 7.11 Å². The Kier molecular flexibility index (Phi) is 5.21. The van der Waals surface area contributed by atoms with Gasteiger partial charge >= 0.3 is 0 Å². The molecule has 4 heteroatoms. The number of nitrogens with one attached hydrogen (secondary N) is 1. The van der Waals surface area contributed by atoms with Crippen molar-refractivity contribution in [3.63, 3.8) is 0 Å². The molecule has 2 nitrogen and oxygen atoms in total. The fourth-order valence-electron chi connectivity index (χ4n) is 2.34. The van der Waals surface area contributed by atoms with Crippen molar-refractivity contribution in [2.24, 2.45) is 0 Å². The highest BCUT2D eigenvalue weighted by molar-refractivity contribution is 6.31. The Morgan fingerprint density at radius 2 is 1.81 bits per heavy atom. The fourth-order valence-corrected chi connectivity index (χ4v) is 2.64. The van der Waals surface area contributed by atoms with Crippen molar-refractivity contribution in [3.05, 3.63) is 64.4 Å². The summed E-state index contributed by atoms with van der Waals surface area (Å²) in [7, 11) is 1.46. The van der Waals surface area contributed by atoms with E-state index in [1.54, 1.807) is 6.07 Å². The number of rotatable bonds is 5. The maximum Gasteiger partial charge on any atom is 0.165 e. The first-order valence-corrected chi connectivity index (χ1v) is 7.24. The third-order valence-corrected chi connectivity index (χ3v) is 3.89. The van der Waals surface area contributed by atoms with Gasteiger partial charge in [-0.05, 0) is 43.2 Å². The molecule has 2 rings (SSSR count). The van der Waals surface area contributed by atoms with Gasteiger partial charge < -0.3 is 10.1 Å². The van der Waals surface area contributed by atoms with E-state index in [4.69, 9.17) is 16.3 Å². The van der Waals surface area contributed by atoms with Gasteiger partial charge in [-0.2, -0.15) is 0 Å². The molecular weight excluding hydrogens is 289 g/mol. The van der Waals surface area contributed by atoms with Gasteiger partial charge in [-0.3, -0.25) is 0 Å². The smallest absolute Gasteiger partial charge is 0.165 e. The van der Waals surface area contributed by atoms with E-state index in [0.29, 0.717) is 0 Å². The fraction of sp³-hybridized carbons (Fsp3) is 0.294. The zero-order valence-electron chi connectivity index (χ0n) is 12.4. The predicted octanol–water partition coefficient (Wildman–Crippen LogP) is 4.90. The van der Waals surface area contributed by atoms with Crippen molar-refractivity contribution in [3.8, 4) is 5.75 Å². The highest BCUT2D eigenvalue weighted by Gasteiger charge is 2.14. The second-order valence-corrected chi connectivity index (χ2v) is 5.43. The van der Waals surface area contributed by atoms with Crippen LogP contribution in [0.15, 0.2) is 42.5 Å². The third kappa shape index (κ3) is 3.74. The molecule has 2 aromatic rings. The average molecular weight is 308 g/mol. The van der Waals surface area contributed by atoms with Crippen LogP contribution in [0.1, 0.15) is 37.1 Å². The van der Waals surface area contributed by atoms with Gasteiger partial charge in [0.2, 0.25) is 0 Å². The first-order chi connectivity index (χ1) is 10.0. The Bertz CT molecular complexity index is 617. The quantitative estimate of drug-likeness (QED) is 0.848. The molecule has 0 saturated carbocycles. The van der Waals surface area contributed by atoms with Crippen molar-refractivity contribution in [2.45, 2.75) is 25.9 Å². The van der Waals surface area contributed by atoms with Gasteiger partial charge in [-0.15, -0.1) is 0 Å². The molecule has 0 spiro atoms. The number of hydrogen-bond acceptors (Lipinski definition) is 2. The zero-order valence-corrected chi connectivity index (χ0v) is 13.1. The van der Waals surface area contributed by atoms with Crippen molar-refractivity contribution in [1.29, 1.82) is 0 Å². The molecule has 0 aromatic heterocycles. The first-order valence-electron chi connectivity index (χ1n) is 6.87. The van der Waals surface area contributed by atoms with Gasteiger partial charge in [0.25, 0.3) is 0 Å². The van der Waals surface area contributed by atoms with Gasteiger partial charge in [0.05, 0.1) is 7.11 Å². The van der Waals surface area contributed by atoms with Gasteiger partial charge in [0.1, 0.15) is 0 Å². The van der Waals surface area contributed by atoms with E-state index in [-0.39, 0.29) is 23.7 Å². The summed E-state index contributed by atoms with van der Waals surface area (Å²) in [5.41, 5.74) is 1.90. The van der Waals surface area contributed by atoms with E-state index in [9.17, 15) is 4.39 Å². The number of methoxy groups -OCH3 is 1. The number of benzene rings is 2. The first kappa shape index (κ1) is 15.8. The summed E-state index contributed by atoms with van der Waals surface area (Å²) in [6.07, 6.45) is 0. The van der Waals surface area contributed by atoms with Crippen LogP contribution >= 0.6 is 11.6 Å². The monoisotopic (exact) mass is 307 g/mol. The highest BCUT2D eigenvalue weighted by Crippen LogP contribution is 2.26. The summed E-state index contributed by atoms with van der Waals surface area (Å²) in [5.74, 6) is -0.0980. The number of halogens is 2. The molecule has 21 heavy (non-hydrogen) atoms. The SMILES string of the molecule is COc1ccc(C(C)N[C@@H](C)c2ccccc2Cl)cc1F. The Morgan fingerprint density at radius 3 is 2.43 bits per heavy atom. The maximum atomic E-state index is 13.8. The molecule has 1 N–H and O–H groups in total. The van der Waals surface area contributed by atoms with Crippen LogP contribution in [-0.2, 0) is 0 Å². The predicted molar refractivity (Wildman–Crippen MR) is 84.4 cm³/mol. The average Bonchev–Trinajstić information content (AvgIpc) is 2.47.